The summed E-state index contributed by atoms with van der Waals surface area (Å²) in [5.74, 6) is 0.196. The van der Waals surface area contributed by atoms with Crippen molar-refractivity contribution in [3.8, 4) is 5.75 Å². The summed E-state index contributed by atoms with van der Waals surface area (Å²) in [5.41, 5.74) is 6.97. The summed E-state index contributed by atoms with van der Waals surface area (Å²) in [6.07, 6.45) is 0.472. The van der Waals surface area contributed by atoms with Crippen LogP contribution in [0.1, 0.15) is 29.0 Å². The SMILES string of the molecule is NC1CC(c2cc(Br)c(Cl)s2)Oc2cc(F)ccc21. The second-order valence-electron chi connectivity index (χ2n) is 4.40. The third-order valence-corrected chi connectivity index (χ3v) is 5.66. The Morgan fingerprint density at radius 3 is 2.89 bits per heavy atom. The first-order valence-electron chi connectivity index (χ1n) is 5.71. The molecule has 0 spiro atoms. The molecular weight excluding hydrogens is 353 g/mol. The Morgan fingerprint density at radius 1 is 1.42 bits per heavy atom. The fraction of sp³-hybridized carbons (Fsp3) is 0.231. The van der Waals surface area contributed by atoms with Crippen LogP contribution in [0.3, 0.4) is 0 Å². The topological polar surface area (TPSA) is 35.2 Å². The number of benzene rings is 1. The van der Waals surface area contributed by atoms with E-state index in [1.165, 1.54) is 23.5 Å². The molecule has 1 aliphatic heterocycles. The molecule has 2 aromatic rings. The van der Waals surface area contributed by atoms with Gasteiger partial charge in [-0.2, -0.15) is 0 Å². The molecule has 0 bridgehead atoms. The Labute approximate surface area is 127 Å². The molecule has 1 aliphatic rings. The molecule has 0 radical (unpaired) electrons. The largest absolute Gasteiger partial charge is 0.484 e. The van der Waals surface area contributed by atoms with Crippen LogP contribution in [0.2, 0.25) is 4.34 Å². The second kappa shape index (κ2) is 5.05. The molecule has 2 atom stereocenters. The molecule has 0 aliphatic carbocycles. The molecule has 19 heavy (non-hydrogen) atoms. The van der Waals surface area contributed by atoms with Crippen molar-refractivity contribution in [2.75, 3.05) is 0 Å². The second-order valence-corrected chi connectivity index (χ2v) is 6.94. The van der Waals surface area contributed by atoms with Crippen LogP contribution in [-0.2, 0) is 0 Å². The molecule has 2 unspecified atom stereocenters. The van der Waals surface area contributed by atoms with Crippen LogP contribution in [0.25, 0.3) is 0 Å². The number of hydrogen-bond donors (Lipinski definition) is 1. The molecule has 2 nitrogen and oxygen atoms in total. The van der Waals surface area contributed by atoms with E-state index in [1.807, 2.05) is 6.07 Å². The first-order chi connectivity index (χ1) is 9.04. The summed E-state index contributed by atoms with van der Waals surface area (Å²) in [6, 6.07) is 6.23. The predicted octanol–water partition coefficient (Wildman–Crippen LogP) is 4.83. The summed E-state index contributed by atoms with van der Waals surface area (Å²) < 4.78 is 20.6. The molecular formula is C13H10BrClFNOS. The van der Waals surface area contributed by atoms with Crippen molar-refractivity contribution >= 4 is 38.9 Å². The van der Waals surface area contributed by atoms with Crippen LogP contribution in [0.5, 0.6) is 5.75 Å². The maximum Gasteiger partial charge on any atom is 0.135 e. The van der Waals surface area contributed by atoms with Crippen LogP contribution in [0.4, 0.5) is 4.39 Å². The van der Waals surface area contributed by atoms with Crippen LogP contribution in [0, 0.1) is 5.82 Å². The maximum absolute atomic E-state index is 13.3. The van der Waals surface area contributed by atoms with Gasteiger partial charge in [-0.05, 0) is 28.1 Å². The minimum absolute atomic E-state index is 0.158. The summed E-state index contributed by atoms with van der Waals surface area (Å²) in [7, 11) is 0. The average molecular weight is 363 g/mol. The van der Waals surface area contributed by atoms with E-state index in [0.29, 0.717) is 16.5 Å². The van der Waals surface area contributed by atoms with Crippen molar-refractivity contribution in [1.82, 2.24) is 0 Å². The van der Waals surface area contributed by atoms with Gasteiger partial charge in [-0.15, -0.1) is 11.3 Å². The third-order valence-electron chi connectivity index (χ3n) is 3.09. The normalized spacial score (nSPS) is 21.9. The van der Waals surface area contributed by atoms with Gasteiger partial charge in [-0.3, -0.25) is 0 Å². The molecule has 0 saturated heterocycles. The van der Waals surface area contributed by atoms with Gasteiger partial charge in [0.1, 0.15) is 22.0 Å². The quantitative estimate of drug-likeness (QED) is 0.789. The highest BCUT2D eigenvalue weighted by atomic mass is 79.9. The monoisotopic (exact) mass is 361 g/mol. The van der Waals surface area contributed by atoms with Crippen LogP contribution >= 0.6 is 38.9 Å². The Hall–Kier alpha value is -0.620. The van der Waals surface area contributed by atoms with Crippen molar-refractivity contribution in [3.63, 3.8) is 0 Å². The molecule has 1 aromatic heterocycles. The van der Waals surface area contributed by atoms with Gasteiger partial charge in [0, 0.05) is 33.4 Å². The van der Waals surface area contributed by atoms with Crippen molar-refractivity contribution in [1.29, 1.82) is 0 Å². The molecule has 0 amide bonds. The van der Waals surface area contributed by atoms with Crippen molar-refractivity contribution in [2.24, 2.45) is 5.73 Å². The highest BCUT2D eigenvalue weighted by Crippen LogP contribution is 2.44. The van der Waals surface area contributed by atoms with E-state index in [1.54, 1.807) is 6.07 Å². The maximum atomic E-state index is 13.3. The van der Waals surface area contributed by atoms with Crippen molar-refractivity contribution < 1.29 is 9.13 Å². The van der Waals surface area contributed by atoms with E-state index >= 15 is 0 Å². The fourth-order valence-electron chi connectivity index (χ4n) is 2.17. The summed E-state index contributed by atoms with van der Waals surface area (Å²) >= 11 is 10.9. The molecule has 0 fully saturated rings. The first kappa shape index (κ1) is 13.4. The van der Waals surface area contributed by atoms with Gasteiger partial charge in [0.05, 0.1) is 0 Å². The highest BCUT2D eigenvalue weighted by Gasteiger charge is 2.28. The summed E-state index contributed by atoms with van der Waals surface area (Å²) in [5, 5.41) is 0. The van der Waals surface area contributed by atoms with Crippen molar-refractivity contribution in [2.45, 2.75) is 18.6 Å². The van der Waals surface area contributed by atoms with Gasteiger partial charge >= 0.3 is 0 Å². The van der Waals surface area contributed by atoms with E-state index in [9.17, 15) is 4.39 Å². The Balaban J connectivity index is 1.96. The number of rotatable bonds is 1. The zero-order valence-electron chi connectivity index (χ0n) is 9.70. The van der Waals surface area contributed by atoms with E-state index in [0.717, 1.165) is 14.9 Å². The Bertz CT molecular complexity index is 614. The lowest BCUT2D eigenvalue weighted by Gasteiger charge is -2.29. The summed E-state index contributed by atoms with van der Waals surface area (Å²) in [6.45, 7) is 0. The number of thiophene rings is 1. The number of hydrogen-bond acceptors (Lipinski definition) is 3. The number of fused-ring (bicyclic) bond motifs is 1. The Kier molecular flexibility index (Phi) is 3.55. The molecule has 1 aromatic carbocycles. The van der Waals surface area contributed by atoms with E-state index in [2.05, 4.69) is 15.9 Å². The number of halogens is 3. The van der Waals surface area contributed by atoms with Gasteiger partial charge in [-0.25, -0.2) is 4.39 Å². The Morgan fingerprint density at radius 2 is 2.21 bits per heavy atom. The summed E-state index contributed by atoms with van der Waals surface area (Å²) in [4.78, 5) is 0.988. The zero-order chi connectivity index (χ0) is 13.6. The van der Waals surface area contributed by atoms with Crippen LogP contribution in [0.15, 0.2) is 28.7 Å². The van der Waals surface area contributed by atoms with E-state index in [4.69, 9.17) is 22.1 Å². The molecule has 2 N–H and O–H groups in total. The highest BCUT2D eigenvalue weighted by molar-refractivity contribution is 9.10. The van der Waals surface area contributed by atoms with E-state index < -0.39 is 0 Å². The van der Waals surface area contributed by atoms with Gasteiger partial charge < -0.3 is 10.5 Å². The molecule has 6 heteroatoms. The fourth-order valence-corrected chi connectivity index (χ4v) is 3.95. The van der Waals surface area contributed by atoms with Crippen LogP contribution < -0.4 is 10.5 Å². The van der Waals surface area contributed by atoms with Gasteiger partial charge in [-0.1, -0.05) is 17.7 Å². The minimum Gasteiger partial charge on any atom is -0.484 e. The van der Waals surface area contributed by atoms with Gasteiger partial charge in [0.2, 0.25) is 0 Å². The minimum atomic E-state index is -0.322. The smallest absolute Gasteiger partial charge is 0.135 e. The standard InChI is InChI=1S/C13H10BrClFNOS/c14-8-4-12(19-13(8)15)11-5-9(17)7-2-1-6(16)3-10(7)18-11/h1-4,9,11H,5,17H2. The van der Waals surface area contributed by atoms with Gasteiger partial charge in [0.25, 0.3) is 0 Å². The van der Waals surface area contributed by atoms with E-state index in [-0.39, 0.29) is 18.0 Å². The third kappa shape index (κ3) is 2.52. The molecule has 3 rings (SSSR count). The molecule has 0 saturated carbocycles. The zero-order valence-corrected chi connectivity index (χ0v) is 12.9. The average Bonchev–Trinajstić information content (AvgIpc) is 2.69. The van der Waals surface area contributed by atoms with Crippen molar-refractivity contribution in [3.05, 3.63) is 49.3 Å². The van der Waals surface area contributed by atoms with Gasteiger partial charge in [0.15, 0.2) is 0 Å². The van der Waals surface area contributed by atoms with Crippen LogP contribution in [-0.4, -0.2) is 0 Å². The predicted molar refractivity (Wildman–Crippen MR) is 78.3 cm³/mol. The lowest BCUT2D eigenvalue weighted by Crippen LogP contribution is -2.23. The molecule has 2 heterocycles. The lowest BCUT2D eigenvalue weighted by molar-refractivity contribution is 0.164. The number of ether oxygens (including phenoxy) is 1. The first-order valence-corrected chi connectivity index (χ1v) is 7.70. The number of nitrogens with two attached hydrogens (primary N) is 1. The molecule has 100 valence electrons. The lowest BCUT2D eigenvalue weighted by atomic mass is 9.96.